The van der Waals surface area contributed by atoms with Crippen LogP contribution in [0.25, 0.3) is 11.1 Å². The Hall–Kier alpha value is -1.74. The molecule has 0 aliphatic carbocycles. The molecule has 0 aromatic heterocycles. The molecule has 18 heavy (non-hydrogen) atoms. The van der Waals surface area contributed by atoms with Gasteiger partial charge in [0.05, 0.1) is 0 Å². The predicted octanol–water partition coefficient (Wildman–Crippen LogP) is 3.66. The van der Waals surface area contributed by atoms with Crippen molar-refractivity contribution in [1.29, 1.82) is 0 Å². The maximum Gasteiger partial charge on any atom is 0.131 e. The molecule has 0 saturated carbocycles. The van der Waals surface area contributed by atoms with Crippen molar-refractivity contribution in [2.45, 2.75) is 13.5 Å². The maximum atomic E-state index is 14.0. The van der Waals surface area contributed by atoms with Gasteiger partial charge in [-0.3, -0.25) is 0 Å². The van der Waals surface area contributed by atoms with Gasteiger partial charge in [0, 0.05) is 12.1 Å². The summed E-state index contributed by atoms with van der Waals surface area (Å²) >= 11 is 0. The highest BCUT2D eigenvalue weighted by Gasteiger charge is 2.07. The summed E-state index contributed by atoms with van der Waals surface area (Å²) in [7, 11) is 1.81. The van der Waals surface area contributed by atoms with Gasteiger partial charge in [-0.25, -0.2) is 8.78 Å². The number of hydrogen-bond acceptors (Lipinski definition) is 1. The number of hydrogen-bond donors (Lipinski definition) is 1. The molecule has 2 aromatic carbocycles. The molecule has 0 atom stereocenters. The standard InChI is InChI=1S/C15H15F2N/c1-10-5-12(8-13(16)6-10)14-4-3-11(9-18-2)7-15(14)17/h3-8,18H,9H2,1-2H3. The van der Waals surface area contributed by atoms with Crippen LogP contribution in [0, 0.1) is 18.6 Å². The first-order valence-electron chi connectivity index (χ1n) is 5.81. The molecule has 2 aromatic rings. The molecule has 2 rings (SSSR count). The van der Waals surface area contributed by atoms with Crippen molar-refractivity contribution in [1.82, 2.24) is 5.32 Å². The van der Waals surface area contributed by atoms with E-state index in [4.69, 9.17) is 0 Å². The van der Waals surface area contributed by atoms with Crippen molar-refractivity contribution in [3.8, 4) is 11.1 Å². The summed E-state index contributed by atoms with van der Waals surface area (Å²) in [5.74, 6) is -0.670. The summed E-state index contributed by atoms with van der Waals surface area (Å²) in [6.07, 6.45) is 0. The Balaban J connectivity index is 2.44. The summed E-state index contributed by atoms with van der Waals surface area (Å²) in [4.78, 5) is 0. The van der Waals surface area contributed by atoms with Gasteiger partial charge in [0.2, 0.25) is 0 Å². The number of nitrogens with one attached hydrogen (secondary N) is 1. The molecular weight excluding hydrogens is 232 g/mol. The Morgan fingerprint density at radius 2 is 1.83 bits per heavy atom. The molecule has 94 valence electrons. The molecule has 0 spiro atoms. The summed E-state index contributed by atoms with van der Waals surface area (Å²) in [5.41, 5.74) is 2.65. The van der Waals surface area contributed by atoms with Gasteiger partial charge in [0.25, 0.3) is 0 Å². The van der Waals surface area contributed by atoms with Crippen LogP contribution in [-0.4, -0.2) is 7.05 Å². The van der Waals surface area contributed by atoms with Gasteiger partial charge in [-0.1, -0.05) is 18.2 Å². The van der Waals surface area contributed by atoms with E-state index in [1.807, 2.05) is 13.1 Å². The third kappa shape index (κ3) is 2.74. The van der Waals surface area contributed by atoms with E-state index >= 15 is 0 Å². The van der Waals surface area contributed by atoms with E-state index in [1.165, 1.54) is 18.2 Å². The van der Waals surface area contributed by atoms with Gasteiger partial charge in [-0.05, 0) is 48.9 Å². The van der Waals surface area contributed by atoms with Gasteiger partial charge < -0.3 is 5.32 Å². The Bertz CT molecular complexity index is 544. The van der Waals surface area contributed by atoms with Crippen LogP contribution in [0.2, 0.25) is 0 Å². The fourth-order valence-electron chi connectivity index (χ4n) is 2.00. The molecule has 0 unspecified atom stereocenters. The molecule has 0 bridgehead atoms. The second-order valence-corrected chi connectivity index (χ2v) is 4.36. The Morgan fingerprint density at radius 3 is 2.44 bits per heavy atom. The van der Waals surface area contributed by atoms with Crippen molar-refractivity contribution in [2.75, 3.05) is 7.05 Å². The largest absolute Gasteiger partial charge is 0.316 e. The van der Waals surface area contributed by atoms with Crippen LogP contribution in [0.3, 0.4) is 0 Å². The van der Waals surface area contributed by atoms with E-state index in [0.717, 1.165) is 11.1 Å². The number of halogens is 2. The van der Waals surface area contributed by atoms with Gasteiger partial charge in [-0.2, -0.15) is 0 Å². The Morgan fingerprint density at radius 1 is 1.06 bits per heavy atom. The topological polar surface area (TPSA) is 12.0 Å². The van der Waals surface area contributed by atoms with E-state index in [9.17, 15) is 8.78 Å². The average Bonchev–Trinajstić information content (AvgIpc) is 2.28. The Labute approximate surface area is 105 Å². The van der Waals surface area contributed by atoms with E-state index < -0.39 is 0 Å². The summed E-state index contributed by atoms with van der Waals surface area (Å²) in [5, 5.41) is 2.96. The quantitative estimate of drug-likeness (QED) is 0.872. The van der Waals surface area contributed by atoms with Crippen LogP contribution < -0.4 is 5.32 Å². The van der Waals surface area contributed by atoms with Crippen LogP contribution in [0.5, 0.6) is 0 Å². The van der Waals surface area contributed by atoms with Crippen molar-refractivity contribution < 1.29 is 8.78 Å². The van der Waals surface area contributed by atoms with Gasteiger partial charge in [0.15, 0.2) is 0 Å². The van der Waals surface area contributed by atoms with E-state index in [0.29, 0.717) is 17.7 Å². The van der Waals surface area contributed by atoms with Crippen molar-refractivity contribution in [3.63, 3.8) is 0 Å². The van der Waals surface area contributed by atoms with Crippen LogP contribution in [0.1, 0.15) is 11.1 Å². The molecule has 0 saturated heterocycles. The minimum atomic E-state index is -0.344. The molecule has 0 heterocycles. The third-order valence-electron chi connectivity index (χ3n) is 2.77. The third-order valence-corrected chi connectivity index (χ3v) is 2.77. The highest BCUT2D eigenvalue weighted by Crippen LogP contribution is 2.25. The van der Waals surface area contributed by atoms with Crippen molar-refractivity contribution >= 4 is 0 Å². The molecule has 1 N–H and O–H groups in total. The second-order valence-electron chi connectivity index (χ2n) is 4.36. The molecular formula is C15H15F2N. The summed E-state index contributed by atoms with van der Waals surface area (Å²) in [6, 6.07) is 9.57. The first-order chi connectivity index (χ1) is 8.60. The van der Waals surface area contributed by atoms with Crippen LogP contribution in [-0.2, 0) is 6.54 Å². The SMILES string of the molecule is CNCc1ccc(-c2cc(C)cc(F)c2)c(F)c1. The lowest BCUT2D eigenvalue weighted by molar-refractivity contribution is 0.622. The van der Waals surface area contributed by atoms with Gasteiger partial charge in [0.1, 0.15) is 11.6 Å². The predicted molar refractivity (Wildman–Crippen MR) is 69.3 cm³/mol. The van der Waals surface area contributed by atoms with Gasteiger partial charge >= 0.3 is 0 Å². The van der Waals surface area contributed by atoms with Crippen LogP contribution in [0.15, 0.2) is 36.4 Å². The number of aryl methyl sites for hydroxylation is 1. The summed E-state index contributed by atoms with van der Waals surface area (Å²) in [6.45, 7) is 2.40. The summed E-state index contributed by atoms with van der Waals surface area (Å²) < 4.78 is 27.3. The Kier molecular flexibility index (Phi) is 3.72. The molecule has 0 fully saturated rings. The van der Waals surface area contributed by atoms with Crippen LogP contribution >= 0.6 is 0 Å². The molecule has 0 radical (unpaired) electrons. The van der Waals surface area contributed by atoms with E-state index in [2.05, 4.69) is 5.32 Å². The van der Waals surface area contributed by atoms with Crippen molar-refractivity contribution in [2.24, 2.45) is 0 Å². The monoisotopic (exact) mass is 247 g/mol. The first kappa shape index (κ1) is 12.7. The minimum Gasteiger partial charge on any atom is -0.316 e. The number of benzene rings is 2. The molecule has 3 heteroatoms. The average molecular weight is 247 g/mol. The lowest BCUT2D eigenvalue weighted by atomic mass is 10.0. The molecule has 1 nitrogen and oxygen atoms in total. The fourth-order valence-corrected chi connectivity index (χ4v) is 2.00. The highest BCUT2D eigenvalue weighted by atomic mass is 19.1. The lowest BCUT2D eigenvalue weighted by Crippen LogP contribution is -2.05. The molecule has 0 aliphatic rings. The van der Waals surface area contributed by atoms with E-state index in [1.54, 1.807) is 19.1 Å². The number of rotatable bonds is 3. The van der Waals surface area contributed by atoms with Crippen LogP contribution in [0.4, 0.5) is 8.78 Å². The maximum absolute atomic E-state index is 14.0. The molecule has 0 amide bonds. The minimum absolute atomic E-state index is 0.326. The second kappa shape index (κ2) is 5.27. The van der Waals surface area contributed by atoms with Gasteiger partial charge in [-0.15, -0.1) is 0 Å². The lowest BCUT2D eigenvalue weighted by Gasteiger charge is -2.07. The smallest absolute Gasteiger partial charge is 0.131 e. The zero-order chi connectivity index (χ0) is 13.1. The van der Waals surface area contributed by atoms with E-state index in [-0.39, 0.29) is 11.6 Å². The highest BCUT2D eigenvalue weighted by molar-refractivity contribution is 5.65. The first-order valence-corrected chi connectivity index (χ1v) is 5.81. The fraction of sp³-hybridized carbons (Fsp3) is 0.200. The zero-order valence-electron chi connectivity index (χ0n) is 10.4. The zero-order valence-corrected chi connectivity index (χ0v) is 10.4. The van der Waals surface area contributed by atoms with Crippen molar-refractivity contribution in [3.05, 3.63) is 59.2 Å². The normalized spacial score (nSPS) is 10.7. The molecule has 0 aliphatic heterocycles.